The summed E-state index contributed by atoms with van der Waals surface area (Å²) in [7, 11) is 0. The topological polar surface area (TPSA) is 0 Å². The molecular formula is C6H2F3Li. The van der Waals surface area contributed by atoms with Crippen molar-refractivity contribution in [3.63, 3.8) is 0 Å². The molecule has 0 unspecified atom stereocenters. The van der Waals surface area contributed by atoms with Gasteiger partial charge in [0.05, 0.1) is 0 Å². The second kappa shape index (κ2) is 3.70. The molecule has 1 aromatic rings. The van der Waals surface area contributed by atoms with Crippen LogP contribution < -0.4 is 18.9 Å². The third-order valence-corrected chi connectivity index (χ3v) is 0.815. The van der Waals surface area contributed by atoms with Crippen molar-refractivity contribution in [1.29, 1.82) is 0 Å². The average molecular weight is 138 g/mol. The standard InChI is InChI=1S/C6H2F3.Li/c7-4-1-2-5(8)6(9)3-4;/h1-2H;/q-1;+1. The van der Waals surface area contributed by atoms with Gasteiger partial charge in [-0.3, -0.25) is 4.39 Å². The summed E-state index contributed by atoms with van der Waals surface area (Å²) in [5.74, 6) is -3.26. The molecule has 0 saturated carbocycles. The van der Waals surface area contributed by atoms with Crippen molar-refractivity contribution >= 4 is 0 Å². The fourth-order valence-electron chi connectivity index (χ4n) is 0.426. The van der Waals surface area contributed by atoms with E-state index in [-0.39, 0.29) is 18.9 Å². The number of halogens is 3. The largest absolute Gasteiger partial charge is 1.00 e. The number of hydrogen-bond acceptors (Lipinski definition) is 0. The Morgan fingerprint density at radius 3 is 2.10 bits per heavy atom. The van der Waals surface area contributed by atoms with Gasteiger partial charge in [-0.1, -0.05) is 0 Å². The Kier molecular flexibility index (Phi) is 3.55. The van der Waals surface area contributed by atoms with E-state index in [0.717, 1.165) is 6.07 Å². The van der Waals surface area contributed by atoms with Crippen molar-refractivity contribution in [3.05, 3.63) is 35.7 Å². The van der Waals surface area contributed by atoms with Crippen LogP contribution in [0, 0.1) is 23.5 Å². The molecule has 4 heteroatoms. The Balaban J connectivity index is 0.000000810. The molecule has 0 amide bonds. The van der Waals surface area contributed by atoms with Crippen LogP contribution in [0.25, 0.3) is 0 Å². The summed E-state index contributed by atoms with van der Waals surface area (Å²) in [4.78, 5) is 0. The van der Waals surface area contributed by atoms with Crippen molar-refractivity contribution < 1.29 is 32.0 Å². The molecule has 0 nitrogen and oxygen atoms in total. The molecule has 0 bridgehead atoms. The molecule has 0 atom stereocenters. The van der Waals surface area contributed by atoms with Crippen LogP contribution in [0.1, 0.15) is 0 Å². The first-order valence-corrected chi connectivity index (χ1v) is 2.23. The smallest absolute Gasteiger partial charge is 0.281 e. The van der Waals surface area contributed by atoms with E-state index >= 15 is 0 Å². The van der Waals surface area contributed by atoms with Gasteiger partial charge in [0, 0.05) is 17.5 Å². The van der Waals surface area contributed by atoms with Crippen molar-refractivity contribution in [1.82, 2.24) is 0 Å². The van der Waals surface area contributed by atoms with Crippen LogP contribution in [0.2, 0.25) is 0 Å². The molecule has 0 heterocycles. The van der Waals surface area contributed by atoms with Gasteiger partial charge in [0.15, 0.2) is 0 Å². The van der Waals surface area contributed by atoms with Gasteiger partial charge in [-0.15, -0.1) is 18.2 Å². The fraction of sp³-hybridized carbons (Fsp3) is 0. The predicted octanol–water partition coefficient (Wildman–Crippen LogP) is -1.09. The molecule has 48 valence electrons. The first kappa shape index (κ1) is 9.61. The third kappa shape index (κ3) is 2.09. The summed E-state index contributed by atoms with van der Waals surface area (Å²) in [6.45, 7) is 0. The normalized spacial score (nSPS) is 8.70. The van der Waals surface area contributed by atoms with Gasteiger partial charge in [0.1, 0.15) is 0 Å². The molecule has 10 heavy (non-hydrogen) atoms. The van der Waals surface area contributed by atoms with Gasteiger partial charge in [-0.2, -0.15) is 0 Å². The van der Waals surface area contributed by atoms with Gasteiger partial charge in [0.2, 0.25) is 0 Å². The molecule has 1 aromatic carbocycles. The summed E-state index contributed by atoms with van der Waals surface area (Å²) in [6.07, 6.45) is 0. The molecule has 0 radical (unpaired) electrons. The van der Waals surface area contributed by atoms with E-state index in [1.165, 1.54) is 6.07 Å². The van der Waals surface area contributed by atoms with Crippen molar-refractivity contribution in [2.75, 3.05) is 0 Å². The van der Waals surface area contributed by atoms with Gasteiger partial charge in [0.25, 0.3) is 0 Å². The van der Waals surface area contributed by atoms with Crippen LogP contribution in [0.3, 0.4) is 0 Å². The number of rotatable bonds is 0. The zero-order valence-electron chi connectivity index (χ0n) is 5.29. The van der Waals surface area contributed by atoms with E-state index in [1.54, 1.807) is 0 Å². The Hall–Kier alpha value is -0.393. The van der Waals surface area contributed by atoms with Crippen LogP contribution in [0.5, 0.6) is 0 Å². The second-order valence-corrected chi connectivity index (χ2v) is 1.47. The van der Waals surface area contributed by atoms with Crippen molar-refractivity contribution in [2.45, 2.75) is 0 Å². The van der Waals surface area contributed by atoms with Crippen LogP contribution in [-0.2, 0) is 0 Å². The van der Waals surface area contributed by atoms with Crippen molar-refractivity contribution in [2.24, 2.45) is 0 Å². The molecule has 0 aliphatic carbocycles. The Morgan fingerprint density at radius 2 is 1.70 bits per heavy atom. The summed E-state index contributed by atoms with van der Waals surface area (Å²) in [6, 6.07) is 3.04. The molecule has 1 rings (SSSR count). The maximum Gasteiger partial charge on any atom is 1.00 e. The third-order valence-electron chi connectivity index (χ3n) is 0.815. The zero-order chi connectivity index (χ0) is 6.85. The number of hydrogen-bond donors (Lipinski definition) is 0. The molecule has 0 N–H and O–H groups in total. The maximum absolute atomic E-state index is 11.9. The SMILES string of the molecule is Fc1[c-]c(F)c(F)cc1.[Li+]. The molecule has 0 saturated heterocycles. The van der Waals surface area contributed by atoms with Gasteiger partial charge in [-0.25, -0.2) is 8.78 Å². The minimum Gasteiger partial charge on any atom is -0.281 e. The van der Waals surface area contributed by atoms with E-state index in [2.05, 4.69) is 0 Å². The van der Waals surface area contributed by atoms with Crippen molar-refractivity contribution in [3.8, 4) is 0 Å². The first-order valence-electron chi connectivity index (χ1n) is 2.23. The maximum atomic E-state index is 11.9. The summed E-state index contributed by atoms with van der Waals surface area (Å²) >= 11 is 0. The summed E-state index contributed by atoms with van der Waals surface area (Å²) in [5, 5.41) is 0. The van der Waals surface area contributed by atoms with Gasteiger partial charge >= 0.3 is 18.9 Å². The minimum absolute atomic E-state index is 0. The van der Waals surface area contributed by atoms with Gasteiger partial charge in [-0.05, 0) is 0 Å². The Labute approximate surface area is 68.2 Å². The monoisotopic (exact) mass is 138 g/mol. The number of benzene rings is 1. The summed E-state index contributed by atoms with van der Waals surface area (Å²) in [5.41, 5.74) is 0. The molecular weight excluding hydrogens is 136 g/mol. The molecule has 0 aliphatic rings. The molecule has 0 spiro atoms. The van der Waals surface area contributed by atoms with Crippen LogP contribution in [0.4, 0.5) is 13.2 Å². The summed E-state index contributed by atoms with van der Waals surface area (Å²) < 4.78 is 35.7. The van der Waals surface area contributed by atoms with E-state index in [0.29, 0.717) is 6.07 Å². The van der Waals surface area contributed by atoms with Crippen LogP contribution in [-0.4, -0.2) is 0 Å². The Bertz CT molecular complexity index is 224. The van der Waals surface area contributed by atoms with E-state index in [4.69, 9.17) is 0 Å². The minimum atomic E-state index is -1.28. The van der Waals surface area contributed by atoms with E-state index in [1.807, 2.05) is 0 Å². The van der Waals surface area contributed by atoms with Crippen LogP contribution in [0.15, 0.2) is 12.1 Å². The molecule has 0 aliphatic heterocycles. The zero-order valence-corrected chi connectivity index (χ0v) is 5.29. The second-order valence-electron chi connectivity index (χ2n) is 1.47. The quantitative estimate of drug-likeness (QED) is 0.243. The fourth-order valence-corrected chi connectivity index (χ4v) is 0.426. The van der Waals surface area contributed by atoms with E-state index in [9.17, 15) is 13.2 Å². The van der Waals surface area contributed by atoms with E-state index < -0.39 is 17.5 Å². The van der Waals surface area contributed by atoms with Crippen LogP contribution >= 0.6 is 0 Å². The van der Waals surface area contributed by atoms with Gasteiger partial charge < -0.3 is 0 Å². The Morgan fingerprint density at radius 1 is 1.10 bits per heavy atom. The average Bonchev–Trinajstić information content (AvgIpc) is 1.80. The first-order chi connectivity index (χ1) is 4.20. The molecule has 0 fully saturated rings. The predicted molar refractivity (Wildman–Crippen MR) is 25.2 cm³/mol. The molecule has 0 aromatic heterocycles.